The number of nitrogens with one attached hydrogen (secondary N) is 2. The molecular weight excluding hydrogens is 380 g/mol. The van der Waals surface area contributed by atoms with Crippen molar-refractivity contribution in [1.82, 2.24) is 4.72 Å². The molecule has 10 heteroatoms. The molecule has 0 fully saturated rings. The van der Waals surface area contributed by atoms with E-state index in [-0.39, 0.29) is 22.9 Å². The van der Waals surface area contributed by atoms with Crippen LogP contribution in [0.25, 0.3) is 0 Å². The van der Waals surface area contributed by atoms with Gasteiger partial charge in [0.1, 0.15) is 11.6 Å². The minimum atomic E-state index is -4.02. The van der Waals surface area contributed by atoms with Crippen LogP contribution in [0.15, 0.2) is 41.3 Å². The maximum absolute atomic E-state index is 13.5. The summed E-state index contributed by atoms with van der Waals surface area (Å²) in [7, 11) is -2.42. The molecule has 0 unspecified atom stereocenters. The van der Waals surface area contributed by atoms with Gasteiger partial charge >= 0.3 is 0 Å². The highest BCUT2D eigenvalue weighted by molar-refractivity contribution is 7.89. The van der Waals surface area contributed by atoms with Gasteiger partial charge in [-0.1, -0.05) is 0 Å². The molecule has 0 saturated heterocycles. The molecule has 0 aromatic heterocycles. The van der Waals surface area contributed by atoms with Crippen LogP contribution in [0.5, 0.6) is 0 Å². The van der Waals surface area contributed by atoms with E-state index < -0.39 is 34.1 Å². The number of carbonyl (C=O) groups excluding carboxylic acids is 2. The minimum Gasteiger partial charge on any atom is -0.322 e. The van der Waals surface area contributed by atoms with Crippen molar-refractivity contribution in [3.05, 3.63) is 53.6 Å². The first-order valence-corrected chi connectivity index (χ1v) is 9.30. The predicted octanol–water partition coefficient (Wildman–Crippen LogP) is 1.40. The predicted molar refractivity (Wildman–Crippen MR) is 93.7 cm³/mol. The largest absolute Gasteiger partial charge is 0.322 e. The van der Waals surface area contributed by atoms with E-state index in [1.54, 1.807) is 7.05 Å². The Hall–Kier alpha value is -2.85. The monoisotopic (exact) mass is 395 g/mol. The zero-order valence-electron chi connectivity index (χ0n) is 14.1. The molecule has 0 radical (unpaired) electrons. The Morgan fingerprint density at radius 1 is 1.19 bits per heavy atom. The average Bonchev–Trinajstić information content (AvgIpc) is 2.89. The van der Waals surface area contributed by atoms with Gasteiger partial charge in [-0.15, -0.1) is 0 Å². The lowest BCUT2D eigenvalue weighted by molar-refractivity contribution is -0.117. The van der Waals surface area contributed by atoms with Crippen LogP contribution in [-0.2, 0) is 26.0 Å². The van der Waals surface area contributed by atoms with Gasteiger partial charge in [0, 0.05) is 18.8 Å². The molecule has 2 amide bonds. The molecule has 27 heavy (non-hydrogen) atoms. The van der Waals surface area contributed by atoms with Crippen molar-refractivity contribution in [3.63, 3.8) is 0 Å². The van der Waals surface area contributed by atoms with Gasteiger partial charge in [0.15, 0.2) is 0 Å². The number of fused-ring (bicyclic) bond motifs is 1. The molecular formula is C17H15F2N3O4S. The molecule has 0 atom stereocenters. The molecule has 2 aromatic rings. The van der Waals surface area contributed by atoms with E-state index in [2.05, 4.69) is 10.0 Å². The highest BCUT2D eigenvalue weighted by Crippen LogP contribution is 2.29. The van der Waals surface area contributed by atoms with Crippen molar-refractivity contribution in [1.29, 1.82) is 0 Å². The fraction of sp³-hybridized carbons (Fsp3) is 0.176. The minimum absolute atomic E-state index is 0.0925. The number of likely N-dealkylation sites (N-methyl/N-ethyl adjacent to an activating group) is 1. The Kier molecular flexibility index (Phi) is 4.94. The van der Waals surface area contributed by atoms with Crippen molar-refractivity contribution in [3.8, 4) is 0 Å². The quantitative estimate of drug-likeness (QED) is 0.800. The van der Waals surface area contributed by atoms with E-state index >= 15 is 0 Å². The summed E-state index contributed by atoms with van der Waals surface area (Å²) >= 11 is 0. The molecule has 142 valence electrons. The fourth-order valence-corrected chi connectivity index (χ4v) is 3.68. The Morgan fingerprint density at radius 2 is 1.93 bits per heavy atom. The second-order valence-electron chi connectivity index (χ2n) is 5.92. The molecule has 0 aliphatic carbocycles. The number of hydrogen-bond donors (Lipinski definition) is 2. The molecule has 1 heterocycles. The number of hydrogen-bond acceptors (Lipinski definition) is 4. The first-order chi connectivity index (χ1) is 12.7. The van der Waals surface area contributed by atoms with Crippen LogP contribution in [0, 0.1) is 11.6 Å². The van der Waals surface area contributed by atoms with Gasteiger partial charge in [0.2, 0.25) is 21.8 Å². The van der Waals surface area contributed by atoms with E-state index in [9.17, 15) is 26.8 Å². The zero-order chi connectivity index (χ0) is 19.8. The molecule has 0 spiro atoms. The van der Waals surface area contributed by atoms with Crippen LogP contribution in [0.3, 0.4) is 0 Å². The highest BCUT2D eigenvalue weighted by Gasteiger charge is 2.26. The van der Waals surface area contributed by atoms with Crippen LogP contribution in [0.2, 0.25) is 0 Å². The summed E-state index contributed by atoms with van der Waals surface area (Å²) in [6, 6.07) is 6.81. The smallest absolute Gasteiger partial charge is 0.241 e. The SMILES string of the molecule is CN1C(=O)Cc2cc(S(=O)(=O)NCC(=O)Nc3ccc(F)cc3F)ccc21. The Balaban J connectivity index is 1.67. The molecule has 0 saturated carbocycles. The van der Waals surface area contributed by atoms with E-state index in [4.69, 9.17) is 0 Å². The lowest BCUT2D eigenvalue weighted by atomic mass is 10.2. The topological polar surface area (TPSA) is 95.6 Å². The third kappa shape index (κ3) is 3.96. The van der Waals surface area contributed by atoms with Crippen LogP contribution >= 0.6 is 0 Å². The molecule has 2 aromatic carbocycles. The van der Waals surface area contributed by atoms with Crippen molar-refractivity contribution in [2.75, 3.05) is 23.8 Å². The molecule has 2 N–H and O–H groups in total. The number of nitrogens with zero attached hydrogens (tertiary/aromatic N) is 1. The summed E-state index contributed by atoms with van der Waals surface area (Å²) in [5, 5.41) is 2.16. The lowest BCUT2D eigenvalue weighted by Gasteiger charge is -2.11. The van der Waals surface area contributed by atoms with Crippen LogP contribution in [0.1, 0.15) is 5.56 Å². The second-order valence-corrected chi connectivity index (χ2v) is 7.68. The van der Waals surface area contributed by atoms with Crippen molar-refractivity contribution in [2.24, 2.45) is 0 Å². The van der Waals surface area contributed by atoms with Crippen LogP contribution in [-0.4, -0.2) is 33.8 Å². The van der Waals surface area contributed by atoms with Gasteiger partial charge < -0.3 is 10.2 Å². The summed E-state index contributed by atoms with van der Waals surface area (Å²) in [5.41, 5.74) is 0.936. The number of halogens is 2. The summed E-state index contributed by atoms with van der Waals surface area (Å²) in [4.78, 5) is 24.9. The zero-order valence-corrected chi connectivity index (χ0v) is 14.9. The third-order valence-electron chi connectivity index (χ3n) is 4.07. The number of anilines is 2. The normalized spacial score (nSPS) is 13.6. The Morgan fingerprint density at radius 3 is 2.63 bits per heavy atom. The Labute approximate surface area is 154 Å². The van der Waals surface area contributed by atoms with Gasteiger partial charge in [-0.3, -0.25) is 9.59 Å². The van der Waals surface area contributed by atoms with Gasteiger partial charge in [-0.25, -0.2) is 21.9 Å². The molecule has 1 aliphatic heterocycles. The molecule has 7 nitrogen and oxygen atoms in total. The van der Waals surface area contributed by atoms with Crippen LogP contribution in [0.4, 0.5) is 20.2 Å². The first-order valence-electron chi connectivity index (χ1n) is 7.81. The molecule has 3 rings (SSSR count). The van der Waals surface area contributed by atoms with Gasteiger partial charge in [0.05, 0.1) is 23.5 Å². The van der Waals surface area contributed by atoms with Gasteiger partial charge in [0.25, 0.3) is 0 Å². The number of amides is 2. The molecule has 0 bridgehead atoms. The van der Waals surface area contributed by atoms with E-state index in [1.165, 1.54) is 23.1 Å². The van der Waals surface area contributed by atoms with E-state index in [0.717, 1.165) is 12.1 Å². The summed E-state index contributed by atoms with van der Waals surface area (Å²) in [6.07, 6.45) is 0.0967. The maximum Gasteiger partial charge on any atom is 0.241 e. The van der Waals surface area contributed by atoms with Crippen molar-refractivity contribution in [2.45, 2.75) is 11.3 Å². The second kappa shape index (κ2) is 7.05. The Bertz CT molecular complexity index is 1040. The number of carbonyl (C=O) groups is 2. The maximum atomic E-state index is 13.5. The number of sulfonamides is 1. The third-order valence-corrected chi connectivity index (χ3v) is 5.47. The van der Waals surface area contributed by atoms with Gasteiger partial charge in [-0.05, 0) is 35.9 Å². The van der Waals surface area contributed by atoms with E-state index in [0.29, 0.717) is 17.3 Å². The number of rotatable bonds is 5. The lowest BCUT2D eigenvalue weighted by Crippen LogP contribution is -2.33. The average molecular weight is 395 g/mol. The van der Waals surface area contributed by atoms with Gasteiger partial charge in [-0.2, -0.15) is 0 Å². The van der Waals surface area contributed by atoms with Crippen molar-refractivity contribution < 1.29 is 26.8 Å². The first kappa shape index (κ1) is 18.9. The molecule has 1 aliphatic rings. The summed E-state index contributed by atoms with van der Waals surface area (Å²) in [6.45, 7) is -0.644. The fourth-order valence-electron chi connectivity index (χ4n) is 2.64. The standard InChI is InChI=1S/C17H15F2N3O4S/c1-22-15-5-3-12(6-10(15)7-17(22)24)27(25,26)20-9-16(23)21-14-4-2-11(18)8-13(14)19/h2-6,8,20H,7,9H2,1H3,(H,21,23). The summed E-state index contributed by atoms with van der Waals surface area (Å²) in [5.74, 6) is -2.74. The van der Waals surface area contributed by atoms with Crippen LogP contribution < -0.4 is 14.9 Å². The van der Waals surface area contributed by atoms with E-state index in [1.807, 2.05) is 0 Å². The van der Waals surface area contributed by atoms with Crippen molar-refractivity contribution >= 4 is 33.2 Å². The highest BCUT2D eigenvalue weighted by atomic mass is 32.2. The number of benzene rings is 2. The summed E-state index contributed by atoms with van der Waals surface area (Å²) < 4.78 is 53.2.